The summed E-state index contributed by atoms with van der Waals surface area (Å²) < 4.78 is 34.2. The SMILES string of the molecule is CC(=O)N1CCc2c(c(N3CCCc4cc(-c5cn(C)c6ccncc56)c(C(F)F)cc43)nn2C2CCN(CC(=O)Nc3cccc4c3C(=O)N(C3CCC(=O)NC3=O)C4=O)CC2)C1. The first-order valence-electron chi connectivity index (χ1n) is 21.7. The normalized spacial score (nSPS) is 19.3. The van der Waals surface area contributed by atoms with Crippen LogP contribution in [0.15, 0.2) is 55.0 Å². The van der Waals surface area contributed by atoms with Gasteiger partial charge >= 0.3 is 0 Å². The Kier molecular flexibility index (Phi) is 10.3. The molecule has 18 heteroatoms. The van der Waals surface area contributed by atoms with Gasteiger partial charge in [-0.3, -0.25) is 53.5 Å². The van der Waals surface area contributed by atoms with Gasteiger partial charge in [-0.2, -0.15) is 5.10 Å². The van der Waals surface area contributed by atoms with Crippen LogP contribution in [-0.4, -0.2) is 108 Å². The molecule has 2 saturated heterocycles. The highest BCUT2D eigenvalue weighted by atomic mass is 19.3. The van der Waals surface area contributed by atoms with Crippen molar-refractivity contribution in [3.8, 4) is 11.1 Å². The van der Waals surface area contributed by atoms with E-state index in [1.807, 2.05) is 34.8 Å². The first-order chi connectivity index (χ1) is 30.9. The van der Waals surface area contributed by atoms with Gasteiger partial charge in [0, 0.05) is 105 Å². The van der Waals surface area contributed by atoms with Gasteiger partial charge in [-0.25, -0.2) is 8.78 Å². The third-order valence-electron chi connectivity index (χ3n) is 13.5. The van der Waals surface area contributed by atoms with Gasteiger partial charge in [-0.05, 0) is 73.6 Å². The molecule has 3 aromatic heterocycles. The van der Waals surface area contributed by atoms with Gasteiger partial charge in [-0.1, -0.05) is 6.07 Å². The molecule has 0 saturated carbocycles. The standard InChI is InChI=1S/C46H46F2N10O6/c1-25(59)55-18-13-36-33(23-55)43(56-15-4-5-26-19-29(30(42(47)48)20-38(26)56)32-22-53(2)35-10-14-49-21-31(32)35)52-58(36)27-11-16-54(17-12-27)24-40(61)50-34-7-3-6-28-41(34)46(64)57(45(28)63)37-8-9-39(60)51-44(37)62/h3,6-7,10,14,19-22,27,37,42H,4-5,8-9,11-13,15-18,23-24H2,1-2H3,(H,50,61)(H,51,60,62). The molecule has 6 amide bonds. The molecule has 10 rings (SSSR count). The maximum atomic E-state index is 15.1. The number of likely N-dealkylation sites (tertiary alicyclic amines) is 1. The van der Waals surface area contributed by atoms with Crippen LogP contribution in [0.25, 0.3) is 22.0 Å². The monoisotopic (exact) mass is 872 g/mol. The highest BCUT2D eigenvalue weighted by molar-refractivity contribution is 6.26. The summed E-state index contributed by atoms with van der Waals surface area (Å²) >= 11 is 0. The van der Waals surface area contributed by atoms with Gasteiger partial charge in [0.05, 0.1) is 41.5 Å². The number of halogens is 2. The Balaban J connectivity index is 0.879. The van der Waals surface area contributed by atoms with Crippen molar-refractivity contribution in [2.45, 2.75) is 76.9 Å². The van der Waals surface area contributed by atoms with Crippen molar-refractivity contribution in [2.75, 3.05) is 42.9 Å². The van der Waals surface area contributed by atoms with Gasteiger partial charge < -0.3 is 19.7 Å². The quantitative estimate of drug-likeness (QED) is 0.201. The summed E-state index contributed by atoms with van der Waals surface area (Å²) in [5.41, 5.74) is 5.86. The number of imide groups is 2. The maximum absolute atomic E-state index is 15.1. The Morgan fingerprint density at radius 2 is 1.75 bits per heavy atom. The Labute approximate surface area is 366 Å². The van der Waals surface area contributed by atoms with Gasteiger partial charge in [0.15, 0.2) is 5.82 Å². The zero-order valence-corrected chi connectivity index (χ0v) is 35.4. The van der Waals surface area contributed by atoms with Crippen molar-refractivity contribution in [2.24, 2.45) is 7.05 Å². The predicted molar refractivity (Wildman–Crippen MR) is 230 cm³/mol. The smallest absolute Gasteiger partial charge is 0.264 e. The van der Waals surface area contributed by atoms with Crippen LogP contribution in [0.5, 0.6) is 0 Å². The molecule has 0 radical (unpaired) electrons. The fraction of sp³-hybridized carbons (Fsp3) is 0.391. The van der Waals surface area contributed by atoms with Crippen LogP contribution >= 0.6 is 0 Å². The number of aryl methyl sites for hydroxylation is 2. The van der Waals surface area contributed by atoms with Crippen LogP contribution in [-0.2, 0) is 45.6 Å². The number of hydrogen-bond donors (Lipinski definition) is 2. The summed E-state index contributed by atoms with van der Waals surface area (Å²) in [5, 5.41) is 11.1. The van der Waals surface area contributed by atoms with Crippen molar-refractivity contribution >= 4 is 63.5 Å². The fourth-order valence-corrected chi connectivity index (χ4v) is 10.3. The summed E-state index contributed by atoms with van der Waals surface area (Å²) in [6.45, 7) is 4.16. The number of anilines is 3. The lowest BCUT2D eigenvalue weighted by atomic mass is 9.91. The van der Waals surface area contributed by atoms with E-state index in [2.05, 4.69) is 25.2 Å². The Morgan fingerprint density at radius 1 is 0.938 bits per heavy atom. The number of carbonyl (C=O) groups is 6. The number of fused-ring (bicyclic) bond motifs is 4. The highest BCUT2D eigenvalue weighted by Crippen LogP contribution is 2.45. The number of rotatable bonds is 8. The molecule has 16 nitrogen and oxygen atoms in total. The molecular formula is C46H46F2N10O6. The second-order valence-electron chi connectivity index (χ2n) is 17.3. The fourth-order valence-electron chi connectivity index (χ4n) is 10.3. The van der Waals surface area contributed by atoms with Crippen molar-refractivity contribution in [3.63, 3.8) is 0 Å². The molecule has 5 aliphatic heterocycles. The Bertz CT molecular complexity index is 2810. The zero-order valence-electron chi connectivity index (χ0n) is 35.4. The lowest BCUT2D eigenvalue weighted by Gasteiger charge is -2.33. The average molecular weight is 873 g/mol. The Morgan fingerprint density at radius 3 is 2.52 bits per heavy atom. The number of pyridine rings is 1. The topological polar surface area (TPSA) is 175 Å². The summed E-state index contributed by atoms with van der Waals surface area (Å²) in [6.07, 6.45) is 5.99. The van der Waals surface area contributed by atoms with Gasteiger partial charge in [0.1, 0.15) is 6.04 Å². The van der Waals surface area contributed by atoms with E-state index < -0.39 is 36.1 Å². The maximum Gasteiger partial charge on any atom is 0.264 e. The van der Waals surface area contributed by atoms with Crippen LogP contribution in [0.1, 0.15) is 94.6 Å². The molecule has 2 fully saturated rings. The molecule has 0 aliphatic carbocycles. The first kappa shape index (κ1) is 41.2. The van der Waals surface area contributed by atoms with Crippen molar-refractivity contribution in [3.05, 3.63) is 88.5 Å². The van der Waals surface area contributed by atoms with Crippen molar-refractivity contribution in [1.82, 2.24) is 39.3 Å². The Hall–Kier alpha value is -6.82. The largest absolute Gasteiger partial charge is 0.350 e. The number of nitrogens with one attached hydrogen (secondary N) is 2. The summed E-state index contributed by atoms with van der Waals surface area (Å²) in [5.74, 6) is -2.29. The van der Waals surface area contributed by atoms with E-state index in [4.69, 9.17) is 5.10 Å². The van der Waals surface area contributed by atoms with Crippen LogP contribution in [0.2, 0.25) is 0 Å². The molecule has 2 N–H and O–H groups in total. The lowest BCUT2D eigenvalue weighted by molar-refractivity contribution is -0.136. The number of aromatic nitrogens is 4. The number of hydrogen-bond acceptors (Lipinski definition) is 10. The molecule has 2 aromatic carbocycles. The minimum atomic E-state index is -2.74. The molecule has 5 aromatic rings. The van der Waals surface area contributed by atoms with E-state index in [1.165, 1.54) is 6.07 Å². The van der Waals surface area contributed by atoms with Crippen LogP contribution in [0.3, 0.4) is 0 Å². The third kappa shape index (κ3) is 6.99. The van der Waals surface area contributed by atoms with Gasteiger partial charge in [-0.15, -0.1) is 0 Å². The molecule has 5 aliphatic rings. The number of piperidine rings is 2. The van der Waals surface area contributed by atoms with Crippen LogP contribution in [0.4, 0.5) is 26.0 Å². The van der Waals surface area contributed by atoms with E-state index in [9.17, 15) is 28.8 Å². The summed E-state index contributed by atoms with van der Waals surface area (Å²) in [4.78, 5) is 88.4. The molecule has 330 valence electrons. The van der Waals surface area contributed by atoms with E-state index in [0.717, 1.165) is 39.0 Å². The summed E-state index contributed by atoms with van der Waals surface area (Å²) in [7, 11) is 1.89. The minimum absolute atomic E-state index is 0.00315. The first-order valence-corrected chi connectivity index (χ1v) is 21.7. The van der Waals surface area contributed by atoms with Gasteiger partial charge in [0.2, 0.25) is 23.6 Å². The molecule has 1 unspecified atom stereocenters. The second-order valence-corrected chi connectivity index (χ2v) is 17.3. The van der Waals surface area contributed by atoms with E-state index in [0.29, 0.717) is 81.0 Å². The van der Waals surface area contributed by atoms with E-state index in [1.54, 1.807) is 42.4 Å². The summed E-state index contributed by atoms with van der Waals surface area (Å²) in [6, 6.07) is 8.84. The molecule has 64 heavy (non-hydrogen) atoms. The highest BCUT2D eigenvalue weighted by Gasteiger charge is 2.46. The van der Waals surface area contributed by atoms with Gasteiger partial charge in [0.25, 0.3) is 18.2 Å². The van der Waals surface area contributed by atoms with Crippen LogP contribution in [0, 0.1) is 0 Å². The number of alkyl halides is 2. The molecular weight excluding hydrogens is 827 g/mol. The van der Waals surface area contributed by atoms with Crippen LogP contribution < -0.4 is 15.5 Å². The average Bonchev–Trinajstić information content (AvgIpc) is 3.91. The molecule has 0 bridgehead atoms. The van der Waals surface area contributed by atoms with Crippen molar-refractivity contribution < 1.29 is 37.5 Å². The predicted octanol–water partition coefficient (Wildman–Crippen LogP) is 5.04. The van der Waals surface area contributed by atoms with E-state index >= 15 is 8.78 Å². The zero-order chi connectivity index (χ0) is 44.6. The third-order valence-corrected chi connectivity index (χ3v) is 13.5. The van der Waals surface area contributed by atoms with Crippen molar-refractivity contribution in [1.29, 1.82) is 0 Å². The van der Waals surface area contributed by atoms with E-state index in [-0.39, 0.29) is 59.6 Å². The molecule has 8 heterocycles. The second kappa shape index (κ2) is 16.1. The lowest BCUT2D eigenvalue weighted by Crippen LogP contribution is -2.54. The number of amides is 6. The molecule has 1 atom stereocenters. The molecule has 0 spiro atoms. The number of carbonyl (C=O) groups excluding carboxylic acids is 6. The minimum Gasteiger partial charge on any atom is -0.350 e. The number of benzene rings is 2. The number of nitrogens with zero attached hydrogens (tertiary/aromatic N) is 8.